The number of carboxylic acids is 1. The van der Waals surface area contributed by atoms with Gasteiger partial charge in [-0.2, -0.15) is 0 Å². The molecule has 2 N–H and O–H groups in total. The molecule has 6 heteroatoms. The molecule has 0 amide bonds. The van der Waals surface area contributed by atoms with Crippen LogP contribution in [0.2, 0.25) is 0 Å². The third kappa shape index (κ3) is 2.42. The van der Waals surface area contributed by atoms with Gasteiger partial charge in [0.1, 0.15) is 17.2 Å². The lowest BCUT2D eigenvalue weighted by molar-refractivity contribution is 0.0691. The maximum absolute atomic E-state index is 13.4. The molecule has 0 aliphatic carbocycles. The van der Waals surface area contributed by atoms with E-state index in [2.05, 4.69) is 15.0 Å². The zero-order valence-electron chi connectivity index (χ0n) is 13.9. The number of H-pyrrole nitrogens is 1. The Hall–Kier alpha value is -3.80. The van der Waals surface area contributed by atoms with Crippen LogP contribution in [0.15, 0.2) is 60.7 Å². The first kappa shape index (κ1) is 15.5. The van der Waals surface area contributed by atoms with Crippen LogP contribution < -0.4 is 0 Å². The predicted octanol–water partition coefficient (Wildman–Crippen LogP) is 4.77. The monoisotopic (exact) mass is 357 g/mol. The Morgan fingerprint density at radius 2 is 1.81 bits per heavy atom. The van der Waals surface area contributed by atoms with Crippen molar-refractivity contribution in [2.75, 3.05) is 0 Å². The van der Waals surface area contributed by atoms with Gasteiger partial charge in [0.15, 0.2) is 0 Å². The summed E-state index contributed by atoms with van der Waals surface area (Å²) in [5, 5.41) is 11.9. The standard InChI is InChI=1S/C21H12FN3O2/c22-12-6-8-15-11(9-12)5-7-17(23-15)20-19-14(10-18(25-20)21(26)27)13-3-1-2-4-16(13)24-19/h1-10,24H,(H,26,27). The van der Waals surface area contributed by atoms with Crippen molar-refractivity contribution in [2.24, 2.45) is 0 Å². The molecule has 0 aliphatic rings. The number of nitrogens with one attached hydrogen (secondary N) is 1. The van der Waals surface area contributed by atoms with E-state index in [1.165, 1.54) is 12.1 Å². The molecule has 5 nitrogen and oxygen atoms in total. The van der Waals surface area contributed by atoms with Crippen LogP contribution in [0.25, 0.3) is 44.1 Å². The summed E-state index contributed by atoms with van der Waals surface area (Å²) < 4.78 is 13.4. The second-order valence-corrected chi connectivity index (χ2v) is 6.29. The van der Waals surface area contributed by atoms with Crippen molar-refractivity contribution in [1.29, 1.82) is 0 Å². The average molecular weight is 357 g/mol. The van der Waals surface area contributed by atoms with E-state index < -0.39 is 5.97 Å². The summed E-state index contributed by atoms with van der Waals surface area (Å²) in [6.45, 7) is 0. The maximum Gasteiger partial charge on any atom is 0.354 e. The fourth-order valence-corrected chi connectivity index (χ4v) is 3.37. The Bertz CT molecular complexity index is 1370. The van der Waals surface area contributed by atoms with Gasteiger partial charge in [-0.3, -0.25) is 0 Å². The Balaban J connectivity index is 1.86. The smallest absolute Gasteiger partial charge is 0.354 e. The minimum absolute atomic E-state index is 0.0525. The minimum atomic E-state index is -1.11. The largest absolute Gasteiger partial charge is 0.477 e. The molecule has 0 unspecified atom stereocenters. The zero-order chi connectivity index (χ0) is 18.5. The topological polar surface area (TPSA) is 78.9 Å². The van der Waals surface area contributed by atoms with Gasteiger partial charge in [0.05, 0.1) is 16.7 Å². The highest BCUT2D eigenvalue weighted by Crippen LogP contribution is 2.32. The number of benzene rings is 2. The van der Waals surface area contributed by atoms with Gasteiger partial charge in [0.25, 0.3) is 0 Å². The fraction of sp³-hybridized carbons (Fsp3) is 0. The predicted molar refractivity (Wildman–Crippen MR) is 101 cm³/mol. The number of aromatic amines is 1. The first-order valence-corrected chi connectivity index (χ1v) is 8.31. The lowest BCUT2D eigenvalue weighted by Crippen LogP contribution is -2.02. The lowest BCUT2D eigenvalue weighted by Gasteiger charge is -2.06. The van der Waals surface area contributed by atoms with Crippen molar-refractivity contribution in [3.05, 3.63) is 72.2 Å². The van der Waals surface area contributed by atoms with Crippen LogP contribution in [0.3, 0.4) is 0 Å². The molecule has 27 heavy (non-hydrogen) atoms. The van der Waals surface area contributed by atoms with E-state index in [1.807, 2.05) is 24.3 Å². The van der Waals surface area contributed by atoms with Crippen molar-refractivity contribution in [3.63, 3.8) is 0 Å². The molecule has 0 atom stereocenters. The first-order chi connectivity index (χ1) is 13.1. The van der Waals surface area contributed by atoms with Crippen LogP contribution in [0, 0.1) is 5.82 Å². The summed E-state index contributed by atoms with van der Waals surface area (Å²) in [6.07, 6.45) is 0. The number of rotatable bonds is 2. The number of aromatic carboxylic acids is 1. The number of pyridine rings is 2. The summed E-state index contributed by atoms with van der Waals surface area (Å²) in [6, 6.07) is 17.1. The van der Waals surface area contributed by atoms with Crippen molar-refractivity contribution >= 4 is 38.7 Å². The van der Waals surface area contributed by atoms with Crippen molar-refractivity contribution in [3.8, 4) is 11.4 Å². The quantitative estimate of drug-likeness (QED) is 0.477. The van der Waals surface area contributed by atoms with Crippen LogP contribution in [0.4, 0.5) is 4.39 Å². The average Bonchev–Trinajstić information content (AvgIpc) is 3.05. The molecule has 3 aromatic heterocycles. The third-order valence-electron chi connectivity index (χ3n) is 4.61. The van der Waals surface area contributed by atoms with Crippen LogP contribution >= 0.6 is 0 Å². The van der Waals surface area contributed by atoms with Gasteiger partial charge in [-0.15, -0.1) is 0 Å². The summed E-state index contributed by atoms with van der Waals surface area (Å²) in [4.78, 5) is 23.8. The molecule has 2 aromatic carbocycles. The van der Waals surface area contributed by atoms with Crippen molar-refractivity contribution in [2.45, 2.75) is 0 Å². The summed E-state index contributed by atoms with van der Waals surface area (Å²) in [5.74, 6) is -1.44. The highest BCUT2D eigenvalue weighted by molar-refractivity contribution is 6.12. The van der Waals surface area contributed by atoms with Gasteiger partial charge in [0.2, 0.25) is 0 Å². The van der Waals surface area contributed by atoms with Gasteiger partial charge in [-0.1, -0.05) is 24.3 Å². The molecular weight excluding hydrogens is 345 g/mol. The Kier molecular flexibility index (Phi) is 3.21. The molecule has 130 valence electrons. The molecule has 0 saturated heterocycles. The number of hydrogen-bond acceptors (Lipinski definition) is 3. The Morgan fingerprint density at radius 3 is 2.67 bits per heavy atom. The summed E-state index contributed by atoms with van der Waals surface area (Å²) in [7, 11) is 0. The minimum Gasteiger partial charge on any atom is -0.477 e. The zero-order valence-corrected chi connectivity index (χ0v) is 13.9. The van der Waals surface area contributed by atoms with Crippen LogP contribution in [0.5, 0.6) is 0 Å². The molecule has 0 aliphatic heterocycles. The van der Waals surface area contributed by atoms with Crippen molar-refractivity contribution in [1.82, 2.24) is 15.0 Å². The molecule has 5 aromatic rings. The number of nitrogens with zero attached hydrogens (tertiary/aromatic N) is 2. The van der Waals surface area contributed by atoms with Gasteiger partial charge in [0, 0.05) is 21.7 Å². The van der Waals surface area contributed by atoms with Crippen LogP contribution in [-0.4, -0.2) is 26.0 Å². The van der Waals surface area contributed by atoms with E-state index in [4.69, 9.17) is 0 Å². The summed E-state index contributed by atoms with van der Waals surface area (Å²) >= 11 is 0. The molecule has 3 heterocycles. The molecule has 5 rings (SSSR count). The number of hydrogen-bond donors (Lipinski definition) is 2. The van der Waals surface area contributed by atoms with Gasteiger partial charge in [-0.25, -0.2) is 19.2 Å². The molecule has 0 bridgehead atoms. The number of aromatic nitrogens is 3. The van der Waals surface area contributed by atoms with Gasteiger partial charge in [-0.05, 0) is 36.4 Å². The molecule has 0 spiro atoms. The number of halogens is 1. The number of fused-ring (bicyclic) bond motifs is 4. The normalized spacial score (nSPS) is 11.4. The second-order valence-electron chi connectivity index (χ2n) is 6.29. The van der Waals surface area contributed by atoms with E-state index in [-0.39, 0.29) is 11.5 Å². The number of carboxylic acid groups (broad SMARTS) is 1. The second kappa shape index (κ2) is 5.60. The van der Waals surface area contributed by atoms with Gasteiger partial charge >= 0.3 is 5.97 Å². The van der Waals surface area contributed by atoms with E-state index in [9.17, 15) is 14.3 Å². The number of carbonyl (C=O) groups is 1. The molecule has 0 radical (unpaired) electrons. The van der Waals surface area contributed by atoms with Gasteiger partial charge < -0.3 is 10.1 Å². The maximum atomic E-state index is 13.4. The first-order valence-electron chi connectivity index (χ1n) is 8.31. The van der Waals surface area contributed by atoms with Crippen molar-refractivity contribution < 1.29 is 14.3 Å². The van der Waals surface area contributed by atoms with Crippen LogP contribution in [-0.2, 0) is 0 Å². The van der Waals surface area contributed by atoms with E-state index in [0.29, 0.717) is 22.3 Å². The fourth-order valence-electron chi connectivity index (χ4n) is 3.37. The van der Waals surface area contributed by atoms with E-state index >= 15 is 0 Å². The molecule has 0 saturated carbocycles. The van der Waals surface area contributed by atoms with E-state index in [1.54, 1.807) is 24.3 Å². The molecular formula is C21H12FN3O2. The Labute approximate surface area is 152 Å². The Morgan fingerprint density at radius 1 is 0.963 bits per heavy atom. The van der Waals surface area contributed by atoms with Crippen LogP contribution in [0.1, 0.15) is 10.5 Å². The highest BCUT2D eigenvalue weighted by atomic mass is 19.1. The SMILES string of the molecule is O=C(O)c1cc2c([nH]c3ccccc32)c(-c2ccc3cc(F)ccc3n2)n1. The molecule has 0 fully saturated rings. The number of para-hydroxylation sites is 1. The lowest BCUT2D eigenvalue weighted by atomic mass is 10.1. The van der Waals surface area contributed by atoms with E-state index in [0.717, 1.165) is 21.8 Å². The highest BCUT2D eigenvalue weighted by Gasteiger charge is 2.17. The third-order valence-corrected chi connectivity index (χ3v) is 4.61. The summed E-state index contributed by atoms with van der Waals surface area (Å²) in [5.41, 5.74) is 3.14.